The van der Waals surface area contributed by atoms with Gasteiger partial charge >= 0.3 is 0 Å². The maximum absolute atomic E-state index is 5.76. The minimum Gasteiger partial charge on any atom is -0.329 e. The van der Waals surface area contributed by atoms with Crippen molar-refractivity contribution in [1.29, 1.82) is 0 Å². The third-order valence-corrected chi connectivity index (χ3v) is 3.40. The number of thiophene rings is 1. The summed E-state index contributed by atoms with van der Waals surface area (Å²) < 4.78 is 0. The fourth-order valence-corrected chi connectivity index (χ4v) is 2.47. The van der Waals surface area contributed by atoms with Gasteiger partial charge < -0.3 is 11.1 Å². The zero-order valence-corrected chi connectivity index (χ0v) is 10.2. The van der Waals surface area contributed by atoms with Crippen LogP contribution in [0.4, 0.5) is 0 Å². The van der Waals surface area contributed by atoms with Crippen molar-refractivity contribution in [2.75, 3.05) is 13.1 Å². The van der Waals surface area contributed by atoms with Crippen LogP contribution in [0, 0.1) is 18.8 Å². The number of aryl methyl sites for hydroxylation is 1. The second-order valence-corrected chi connectivity index (χ2v) is 4.33. The Morgan fingerprint density at radius 1 is 1.60 bits per heavy atom. The highest BCUT2D eigenvalue weighted by Crippen LogP contribution is 2.22. The lowest BCUT2D eigenvalue weighted by atomic mass is 10.1. The molecular weight excluding hydrogens is 204 g/mol. The van der Waals surface area contributed by atoms with Crippen molar-refractivity contribution in [2.45, 2.75) is 26.3 Å². The van der Waals surface area contributed by atoms with E-state index >= 15 is 0 Å². The molecule has 82 valence electrons. The van der Waals surface area contributed by atoms with Gasteiger partial charge in [-0.25, -0.2) is 0 Å². The third-order valence-electron chi connectivity index (χ3n) is 2.27. The van der Waals surface area contributed by atoms with E-state index in [4.69, 9.17) is 5.73 Å². The average molecular weight is 222 g/mol. The van der Waals surface area contributed by atoms with E-state index in [2.05, 4.69) is 35.5 Å². The molecule has 0 radical (unpaired) electrons. The Morgan fingerprint density at radius 3 is 2.93 bits per heavy atom. The number of hydrogen-bond donors (Lipinski definition) is 2. The standard InChI is InChI=1S/C12H18N2S/c1-3-4-5-7-14-11(9-13)12-10(2)6-8-15-12/h6,8,11,14H,5,7,9,13H2,1-2H3. The van der Waals surface area contributed by atoms with E-state index in [1.54, 1.807) is 11.3 Å². The molecule has 1 rings (SSSR count). The van der Waals surface area contributed by atoms with Gasteiger partial charge in [0.1, 0.15) is 0 Å². The molecule has 1 aromatic rings. The highest BCUT2D eigenvalue weighted by Gasteiger charge is 2.11. The van der Waals surface area contributed by atoms with Gasteiger partial charge in [-0.05, 0) is 30.9 Å². The Hall–Kier alpha value is -0.820. The van der Waals surface area contributed by atoms with Crippen LogP contribution in [-0.4, -0.2) is 13.1 Å². The van der Waals surface area contributed by atoms with E-state index in [9.17, 15) is 0 Å². The van der Waals surface area contributed by atoms with Crippen LogP contribution in [0.15, 0.2) is 11.4 Å². The maximum atomic E-state index is 5.76. The zero-order chi connectivity index (χ0) is 11.1. The molecule has 0 aliphatic rings. The maximum Gasteiger partial charge on any atom is 0.0542 e. The minimum absolute atomic E-state index is 0.281. The molecule has 0 saturated heterocycles. The molecule has 2 nitrogen and oxygen atoms in total. The lowest BCUT2D eigenvalue weighted by molar-refractivity contribution is 0.556. The van der Waals surface area contributed by atoms with Crippen LogP contribution in [0.25, 0.3) is 0 Å². The van der Waals surface area contributed by atoms with E-state index in [0.717, 1.165) is 13.0 Å². The van der Waals surface area contributed by atoms with Crippen molar-refractivity contribution in [3.05, 3.63) is 21.9 Å². The van der Waals surface area contributed by atoms with Crippen molar-refractivity contribution >= 4 is 11.3 Å². The summed E-state index contributed by atoms with van der Waals surface area (Å²) in [4.78, 5) is 1.35. The first-order valence-corrected chi connectivity index (χ1v) is 6.04. The van der Waals surface area contributed by atoms with Gasteiger partial charge in [0.25, 0.3) is 0 Å². The van der Waals surface area contributed by atoms with Crippen LogP contribution in [0.3, 0.4) is 0 Å². The first kappa shape index (κ1) is 12.3. The monoisotopic (exact) mass is 222 g/mol. The highest BCUT2D eigenvalue weighted by molar-refractivity contribution is 7.10. The summed E-state index contributed by atoms with van der Waals surface area (Å²) >= 11 is 1.77. The number of nitrogens with one attached hydrogen (secondary N) is 1. The fourth-order valence-electron chi connectivity index (χ4n) is 1.46. The molecule has 0 spiro atoms. The SMILES string of the molecule is CC#CCCNC(CN)c1sccc1C. The van der Waals surface area contributed by atoms with Gasteiger partial charge in [0.2, 0.25) is 0 Å². The molecule has 0 fully saturated rings. The number of nitrogens with two attached hydrogens (primary N) is 1. The smallest absolute Gasteiger partial charge is 0.0542 e. The molecular formula is C12H18N2S. The van der Waals surface area contributed by atoms with Crippen LogP contribution in [-0.2, 0) is 0 Å². The Bertz CT molecular complexity index is 346. The highest BCUT2D eigenvalue weighted by atomic mass is 32.1. The third kappa shape index (κ3) is 3.67. The van der Waals surface area contributed by atoms with Gasteiger partial charge in [0.15, 0.2) is 0 Å². The summed E-state index contributed by atoms with van der Waals surface area (Å²) in [6, 6.07) is 2.42. The number of hydrogen-bond acceptors (Lipinski definition) is 3. The quantitative estimate of drug-likeness (QED) is 0.591. The second-order valence-electron chi connectivity index (χ2n) is 3.39. The van der Waals surface area contributed by atoms with E-state index in [1.165, 1.54) is 10.4 Å². The van der Waals surface area contributed by atoms with Crippen molar-refractivity contribution < 1.29 is 0 Å². The number of rotatable bonds is 5. The van der Waals surface area contributed by atoms with Gasteiger partial charge in [-0.2, -0.15) is 0 Å². The van der Waals surface area contributed by atoms with Gasteiger partial charge in [-0.15, -0.1) is 23.2 Å². The summed E-state index contributed by atoms with van der Waals surface area (Å²) in [6.07, 6.45) is 0.886. The summed E-state index contributed by atoms with van der Waals surface area (Å²) in [5.41, 5.74) is 7.08. The van der Waals surface area contributed by atoms with Crippen LogP contribution < -0.4 is 11.1 Å². The molecule has 0 bridgehead atoms. The Balaban J connectivity index is 2.48. The molecule has 0 aliphatic carbocycles. The van der Waals surface area contributed by atoms with Gasteiger partial charge in [0.05, 0.1) is 6.04 Å². The average Bonchev–Trinajstić information content (AvgIpc) is 2.65. The molecule has 3 N–H and O–H groups in total. The van der Waals surface area contributed by atoms with E-state index in [0.29, 0.717) is 6.54 Å². The first-order valence-electron chi connectivity index (χ1n) is 5.16. The lowest BCUT2D eigenvalue weighted by Crippen LogP contribution is -2.28. The van der Waals surface area contributed by atoms with Crippen LogP contribution in [0.1, 0.15) is 29.8 Å². The van der Waals surface area contributed by atoms with E-state index < -0.39 is 0 Å². The Labute approximate surface area is 95.9 Å². The molecule has 0 aliphatic heterocycles. The van der Waals surface area contributed by atoms with E-state index in [-0.39, 0.29) is 6.04 Å². The molecule has 3 heteroatoms. The van der Waals surface area contributed by atoms with E-state index in [1.807, 2.05) is 6.92 Å². The molecule has 1 aromatic heterocycles. The second kappa shape index (κ2) is 6.62. The molecule has 0 aromatic carbocycles. The van der Waals surface area contributed by atoms with Crippen molar-refractivity contribution in [2.24, 2.45) is 5.73 Å². The summed E-state index contributed by atoms with van der Waals surface area (Å²) in [7, 11) is 0. The topological polar surface area (TPSA) is 38.0 Å². The summed E-state index contributed by atoms with van der Waals surface area (Å²) in [5, 5.41) is 5.54. The predicted molar refractivity (Wildman–Crippen MR) is 66.9 cm³/mol. The minimum atomic E-state index is 0.281. The first-order chi connectivity index (χ1) is 7.29. The fraction of sp³-hybridized carbons (Fsp3) is 0.500. The Morgan fingerprint density at radius 2 is 2.40 bits per heavy atom. The normalized spacial score (nSPS) is 11.9. The summed E-state index contributed by atoms with van der Waals surface area (Å²) in [5.74, 6) is 5.92. The van der Waals surface area contributed by atoms with Crippen LogP contribution >= 0.6 is 11.3 Å². The summed E-state index contributed by atoms with van der Waals surface area (Å²) in [6.45, 7) is 5.53. The van der Waals surface area contributed by atoms with Crippen LogP contribution in [0.2, 0.25) is 0 Å². The van der Waals surface area contributed by atoms with Gasteiger partial charge in [-0.1, -0.05) is 0 Å². The Kier molecular flexibility index (Phi) is 5.41. The van der Waals surface area contributed by atoms with Gasteiger partial charge in [-0.3, -0.25) is 0 Å². The molecule has 1 atom stereocenters. The molecule has 0 saturated carbocycles. The predicted octanol–water partition coefficient (Wildman–Crippen LogP) is 2.06. The molecule has 0 amide bonds. The van der Waals surface area contributed by atoms with Crippen molar-refractivity contribution in [1.82, 2.24) is 5.32 Å². The van der Waals surface area contributed by atoms with Gasteiger partial charge in [0, 0.05) is 24.4 Å². The van der Waals surface area contributed by atoms with Crippen LogP contribution in [0.5, 0.6) is 0 Å². The molecule has 1 heterocycles. The van der Waals surface area contributed by atoms with Crippen molar-refractivity contribution in [3.63, 3.8) is 0 Å². The lowest BCUT2D eigenvalue weighted by Gasteiger charge is -2.15. The molecule has 1 unspecified atom stereocenters. The molecule has 15 heavy (non-hydrogen) atoms. The largest absolute Gasteiger partial charge is 0.329 e. The van der Waals surface area contributed by atoms with Crippen molar-refractivity contribution in [3.8, 4) is 11.8 Å². The zero-order valence-electron chi connectivity index (χ0n) is 9.34.